The third-order valence-corrected chi connectivity index (χ3v) is 3.53. The fraction of sp³-hybridized carbons (Fsp3) is 0.375. The van der Waals surface area contributed by atoms with Gasteiger partial charge in [-0.15, -0.1) is 0 Å². The summed E-state index contributed by atoms with van der Waals surface area (Å²) in [5.74, 6) is 0. The van der Waals surface area contributed by atoms with Crippen LogP contribution in [0.3, 0.4) is 0 Å². The number of rotatable bonds is 6. The number of aromatic nitrogens is 2. The minimum atomic E-state index is 0.176. The van der Waals surface area contributed by atoms with E-state index in [1.54, 1.807) is 12.4 Å². The Bertz CT molecular complexity index is 557. The highest BCUT2D eigenvalue weighted by molar-refractivity contribution is 6.31. The predicted molar refractivity (Wildman–Crippen MR) is 83.0 cm³/mol. The van der Waals surface area contributed by atoms with E-state index in [2.05, 4.69) is 28.3 Å². The van der Waals surface area contributed by atoms with Crippen LogP contribution < -0.4 is 5.32 Å². The quantitative estimate of drug-likeness (QED) is 0.881. The molecular formula is C16H20ClN3. The summed E-state index contributed by atoms with van der Waals surface area (Å²) in [4.78, 5) is 8.66. The largest absolute Gasteiger partial charge is 0.308 e. The van der Waals surface area contributed by atoms with E-state index in [1.807, 2.05) is 25.1 Å². The van der Waals surface area contributed by atoms with E-state index in [0.717, 1.165) is 36.3 Å². The molecule has 0 saturated carbocycles. The van der Waals surface area contributed by atoms with Crippen molar-refractivity contribution in [2.24, 2.45) is 0 Å². The first-order chi connectivity index (χ1) is 9.70. The van der Waals surface area contributed by atoms with E-state index in [-0.39, 0.29) is 6.04 Å². The minimum Gasteiger partial charge on any atom is -0.308 e. The SMILES string of the molecule is CCCNC(Cc1ccncc1Cl)c1cccc(C)n1. The Morgan fingerprint density at radius 2 is 2.15 bits per heavy atom. The van der Waals surface area contributed by atoms with Crippen LogP contribution in [0.15, 0.2) is 36.7 Å². The van der Waals surface area contributed by atoms with E-state index in [4.69, 9.17) is 11.6 Å². The molecule has 1 unspecified atom stereocenters. The van der Waals surface area contributed by atoms with Crippen molar-refractivity contribution in [3.05, 3.63) is 58.6 Å². The van der Waals surface area contributed by atoms with Crippen LogP contribution in [-0.2, 0) is 6.42 Å². The number of nitrogens with zero attached hydrogens (tertiary/aromatic N) is 2. The van der Waals surface area contributed by atoms with Crippen molar-refractivity contribution < 1.29 is 0 Å². The number of halogens is 1. The fourth-order valence-electron chi connectivity index (χ4n) is 2.15. The number of hydrogen-bond acceptors (Lipinski definition) is 3. The van der Waals surface area contributed by atoms with Gasteiger partial charge in [-0.05, 0) is 50.1 Å². The lowest BCUT2D eigenvalue weighted by Crippen LogP contribution is -2.25. The molecule has 0 aliphatic rings. The molecule has 2 aromatic rings. The van der Waals surface area contributed by atoms with Gasteiger partial charge in [0.25, 0.3) is 0 Å². The summed E-state index contributed by atoms with van der Waals surface area (Å²) in [6, 6.07) is 8.27. The summed E-state index contributed by atoms with van der Waals surface area (Å²) < 4.78 is 0. The van der Waals surface area contributed by atoms with Gasteiger partial charge in [0, 0.05) is 18.1 Å². The van der Waals surface area contributed by atoms with Crippen LogP contribution >= 0.6 is 11.6 Å². The Labute approximate surface area is 125 Å². The van der Waals surface area contributed by atoms with Crippen molar-refractivity contribution in [3.63, 3.8) is 0 Å². The zero-order valence-corrected chi connectivity index (χ0v) is 12.7. The summed E-state index contributed by atoms with van der Waals surface area (Å²) in [5.41, 5.74) is 3.19. The predicted octanol–water partition coefficient (Wildman–Crippen LogP) is 3.72. The third-order valence-electron chi connectivity index (χ3n) is 3.19. The Morgan fingerprint density at radius 1 is 1.30 bits per heavy atom. The normalized spacial score (nSPS) is 12.3. The van der Waals surface area contributed by atoms with Crippen molar-refractivity contribution >= 4 is 11.6 Å². The highest BCUT2D eigenvalue weighted by atomic mass is 35.5. The molecule has 1 N–H and O–H groups in total. The van der Waals surface area contributed by atoms with Gasteiger partial charge in [0.2, 0.25) is 0 Å². The molecule has 106 valence electrons. The second kappa shape index (κ2) is 7.36. The van der Waals surface area contributed by atoms with Gasteiger partial charge in [-0.1, -0.05) is 24.6 Å². The molecule has 0 amide bonds. The van der Waals surface area contributed by atoms with E-state index in [0.29, 0.717) is 5.02 Å². The molecule has 0 aliphatic carbocycles. The molecular weight excluding hydrogens is 270 g/mol. The molecule has 0 fully saturated rings. The Hall–Kier alpha value is -1.45. The van der Waals surface area contributed by atoms with Crippen molar-refractivity contribution in [1.29, 1.82) is 0 Å². The van der Waals surface area contributed by atoms with Crippen molar-refractivity contribution in [2.75, 3.05) is 6.54 Å². The molecule has 1 atom stereocenters. The van der Waals surface area contributed by atoms with Crippen LogP contribution in [0.25, 0.3) is 0 Å². The number of aryl methyl sites for hydroxylation is 1. The number of pyridine rings is 2. The van der Waals surface area contributed by atoms with E-state index < -0.39 is 0 Å². The zero-order valence-electron chi connectivity index (χ0n) is 11.9. The fourth-order valence-corrected chi connectivity index (χ4v) is 2.34. The molecule has 0 radical (unpaired) electrons. The van der Waals surface area contributed by atoms with Gasteiger partial charge in [-0.25, -0.2) is 0 Å². The number of hydrogen-bond donors (Lipinski definition) is 1. The first-order valence-electron chi connectivity index (χ1n) is 6.96. The van der Waals surface area contributed by atoms with Crippen molar-refractivity contribution in [3.8, 4) is 0 Å². The average Bonchev–Trinajstić information content (AvgIpc) is 2.45. The molecule has 4 heteroatoms. The maximum atomic E-state index is 6.21. The highest BCUT2D eigenvalue weighted by Crippen LogP contribution is 2.22. The second-order valence-electron chi connectivity index (χ2n) is 4.88. The van der Waals surface area contributed by atoms with Gasteiger partial charge < -0.3 is 5.32 Å². The molecule has 0 spiro atoms. The molecule has 0 aliphatic heterocycles. The molecule has 0 saturated heterocycles. The third kappa shape index (κ3) is 4.02. The van der Waals surface area contributed by atoms with Gasteiger partial charge in [-0.3, -0.25) is 9.97 Å². The summed E-state index contributed by atoms with van der Waals surface area (Å²) in [5, 5.41) is 4.26. The first kappa shape index (κ1) is 14.9. The van der Waals surface area contributed by atoms with Crippen LogP contribution in [0, 0.1) is 6.92 Å². The Morgan fingerprint density at radius 3 is 2.85 bits per heavy atom. The smallest absolute Gasteiger partial charge is 0.0622 e. The average molecular weight is 290 g/mol. The van der Waals surface area contributed by atoms with Crippen LogP contribution in [0.4, 0.5) is 0 Å². The van der Waals surface area contributed by atoms with Gasteiger partial charge in [0.1, 0.15) is 0 Å². The first-order valence-corrected chi connectivity index (χ1v) is 7.34. The van der Waals surface area contributed by atoms with Crippen LogP contribution in [0.2, 0.25) is 5.02 Å². The van der Waals surface area contributed by atoms with Gasteiger partial charge in [0.05, 0.1) is 16.8 Å². The summed E-state index contributed by atoms with van der Waals surface area (Å²) in [6.45, 7) is 5.13. The maximum Gasteiger partial charge on any atom is 0.0622 e. The molecule has 0 bridgehead atoms. The number of nitrogens with one attached hydrogen (secondary N) is 1. The molecule has 2 aromatic heterocycles. The zero-order chi connectivity index (χ0) is 14.4. The van der Waals surface area contributed by atoms with Gasteiger partial charge in [0.15, 0.2) is 0 Å². The standard InChI is InChI=1S/C16H20ClN3/c1-3-8-19-16(15-6-4-5-12(2)20-15)10-13-7-9-18-11-14(13)17/h4-7,9,11,16,19H,3,8,10H2,1-2H3. The summed E-state index contributed by atoms with van der Waals surface area (Å²) in [7, 11) is 0. The molecule has 2 heterocycles. The lowest BCUT2D eigenvalue weighted by atomic mass is 10.0. The van der Waals surface area contributed by atoms with E-state index in [1.165, 1.54) is 0 Å². The lowest BCUT2D eigenvalue weighted by Gasteiger charge is -2.19. The summed E-state index contributed by atoms with van der Waals surface area (Å²) >= 11 is 6.21. The Kier molecular flexibility index (Phi) is 5.50. The monoisotopic (exact) mass is 289 g/mol. The van der Waals surface area contributed by atoms with Crippen LogP contribution in [0.5, 0.6) is 0 Å². The lowest BCUT2D eigenvalue weighted by molar-refractivity contribution is 0.517. The molecule has 0 aromatic carbocycles. The Balaban J connectivity index is 2.21. The molecule has 20 heavy (non-hydrogen) atoms. The van der Waals surface area contributed by atoms with Crippen molar-refractivity contribution in [1.82, 2.24) is 15.3 Å². The second-order valence-corrected chi connectivity index (χ2v) is 5.29. The molecule has 3 nitrogen and oxygen atoms in total. The van der Waals surface area contributed by atoms with Crippen LogP contribution in [-0.4, -0.2) is 16.5 Å². The topological polar surface area (TPSA) is 37.8 Å². The van der Waals surface area contributed by atoms with Crippen molar-refractivity contribution in [2.45, 2.75) is 32.7 Å². The summed E-state index contributed by atoms with van der Waals surface area (Å²) in [6.07, 6.45) is 5.38. The minimum absolute atomic E-state index is 0.176. The highest BCUT2D eigenvalue weighted by Gasteiger charge is 2.14. The van der Waals surface area contributed by atoms with E-state index >= 15 is 0 Å². The maximum absolute atomic E-state index is 6.21. The van der Waals surface area contributed by atoms with Gasteiger partial charge >= 0.3 is 0 Å². The van der Waals surface area contributed by atoms with Gasteiger partial charge in [-0.2, -0.15) is 0 Å². The van der Waals surface area contributed by atoms with Crippen LogP contribution in [0.1, 0.15) is 36.3 Å². The molecule has 2 rings (SSSR count). The van der Waals surface area contributed by atoms with E-state index in [9.17, 15) is 0 Å².